The molecule has 0 saturated heterocycles. The maximum Gasteiger partial charge on any atom is 0.194 e. The molecule has 8 heteroatoms. The summed E-state index contributed by atoms with van der Waals surface area (Å²) in [6, 6.07) is 14.5. The molecule has 0 heterocycles. The molecule has 1 N–H and O–H groups in total. The van der Waals surface area contributed by atoms with E-state index in [4.69, 9.17) is 9.84 Å². The first kappa shape index (κ1) is 29.9. The predicted octanol–water partition coefficient (Wildman–Crippen LogP) is 8.87. The summed E-state index contributed by atoms with van der Waals surface area (Å²) < 4.78 is 84.6. The van der Waals surface area contributed by atoms with Gasteiger partial charge in [-0.3, -0.25) is 0 Å². The number of aliphatic hydroxyl groups excluding tert-OH is 1. The molecular formula is C35H34F6O2. The average Bonchev–Trinajstić information content (AvgIpc) is 2.90. The summed E-state index contributed by atoms with van der Waals surface area (Å²) in [6.07, 6.45) is 8.77. The van der Waals surface area contributed by atoms with Crippen LogP contribution in [0.2, 0.25) is 0 Å². The minimum Gasteiger partial charge on any atom is -0.396 e. The van der Waals surface area contributed by atoms with Gasteiger partial charge in [-0.2, -0.15) is 0 Å². The molecule has 2 nitrogen and oxygen atoms in total. The molecule has 3 aromatic rings. The van der Waals surface area contributed by atoms with E-state index in [2.05, 4.69) is 6.08 Å². The van der Waals surface area contributed by atoms with Crippen LogP contribution in [0.5, 0.6) is 0 Å². The molecule has 4 aliphatic rings. The SMILES string of the molecule is Fc1cc(C2=CC3(C2)CC(COCc2ccccc2)C3)cc(F)c1F.OCC1CC2(C1)CC(c1cc(F)c(F)c(F)c1)C2. The molecule has 0 unspecified atom stereocenters. The van der Waals surface area contributed by atoms with Gasteiger partial charge in [0, 0.05) is 13.2 Å². The highest BCUT2D eigenvalue weighted by atomic mass is 19.2. The second-order valence-corrected chi connectivity index (χ2v) is 13.1. The van der Waals surface area contributed by atoms with Crippen molar-refractivity contribution in [3.8, 4) is 0 Å². The third-order valence-electron chi connectivity index (χ3n) is 9.77. The zero-order valence-corrected chi connectivity index (χ0v) is 23.7. The minimum absolute atomic E-state index is 0.134. The third-order valence-corrected chi connectivity index (χ3v) is 9.77. The van der Waals surface area contributed by atoms with E-state index in [1.807, 2.05) is 30.3 Å². The summed E-state index contributed by atoms with van der Waals surface area (Å²) in [7, 11) is 0. The Labute approximate surface area is 247 Å². The number of ether oxygens (including phenoxy) is 1. The van der Waals surface area contributed by atoms with Crippen molar-refractivity contribution < 1.29 is 36.2 Å². The standard InChI is InChI=1S/C21H19F3O.C14H15F3O/c22-18-6-16(7-19(23)20(18)24)17-10-21(11-17)8-15(9-21)13-25-12-14-4-2-1-3-5-14;15-11-1-9(2-12(16)13(11)17)10-5-14(6-10)3-8(4-14)7-18/h1-7,10,15H,8-9,11-13H2;1-2,8,10,18H,3-7H2. The van der Waals surface area contributed by atoms with Crippen molar-refractivity contribution in [3.05, 3.63) is 112 Å². The molecule has 0 atom stereocenters. The summed E-state index contributed by atoms with van der Waals surface area (Å²) >= 11 is 0. The van der Waals surface area contributed by atoms with E-state index in [1.54, 1.807) is 0 Å². The van der Waals surface area contributed by atoms with Crippen molar-refractivity contribution in [1.82, 2.24) is 0 Å². The average molecular weight is 601 g/mol. The Morgan fingerprint density at radius 1 is 0.721 bits per heavy atom. The molecule has 0 aliphatic heterocycles. The number of halogens is 6. The van der Waals surface area contributed by atoms with E-state index in [0.29, 0.717) is 29.6 Å². The number of allylic oxidation sites excluding steroid dienone is 2. The summed E-state index contributed by atoms with van der Waals surface area (Å²) in [5.74, 6) is -6.20. The van der Waals surface area contributed by atoms with Crippen molar-refractivity contribution in [2.24, 2.45) is 22.7 Å². The summed E-state index contributed by atoms with van der Waals surface area (Å²) in [5.41, 5.74) is 3.51. The molecule has 3 fully saturated rings. The van der Waals surface area contributed by atoms with E-state index in [9.17, 15) is 26.3 Å². The molecule has 7 rings (SSSR count). The molecule has 43 heavy (non-hydrogen) atoms. The fourth-order valence-corrected chi connectivity index (χ4v) is 7.69. The fourth-order valence-electron chi connectivity index (χ4n) is 7.69. The molecule has 4 aliphatic carbocycles. The first-order chi connectivity index (χ1) is 20.6. The molecular weight excluding hydrogens is 566 g/mol. The Balaban J connectivity index is 0.000000162. The monoisotopic (exact) mass is 600 g/mol. The van der Waals surface area contributed by atoms with Crippen molar-refractivity contribution in [2.75, 3.05) is 13.2 Å². The molecule has 0 radical (unpaired) electrons. The lowest BCUT2D eigenvalue weighted by molar-refractivity contribution is -0.0604. The van der Waals surface area contributed by atoms with Gasteiger partial charge in [-0.05, 0) is 120 Å². The molecule has 2 spiro atoms. The van der Waals surface area contributed by atoms with Crippen LogP contribution in [-0.2, 0) is 11.3 Å². The van der Waals surface area contributed by atoms with Crippen LogP contribution in [0.1, 0.15) is 67.6 Å². The number of rotatable bonds is 7. The topological polar surface area (TPSA) is 29.5 Å². The van der Waals surface area contributed by atoms with Crippen molar-refractivity contribution in [1.29, 1.82) is 0 Å². The van der Waals surface area contributed by atoms with E-state index in [-0.39, 0.29) is 23.4 Å². The van der Waals surface area contributed by atoms with E-state index in [1.165, 1.54) is 5.56 Å². The Kier molecular flexibility index (Phi) is 8.20. The molecule has 0 amide bonds. The Morgan fingerprint density at radius 2 is 1.28 bits per heavy atom. The van der Waals surface area contributed by atoms with Gasteiger partial charge in [-0.15, -0.1) is 0 Å². The summed E-state index contributed by atoms with van der Waals surface area (Å²) in [4.78, 5) is 0. The highest BCUT2D eigenvalue weighted by Gasteiger charge is 2.52. The number of hydrogen-bond donors (Lipinski definition) is 1. The van der Waals surface area contributed by atoms with Crippen molar-refractivity contribution >= 4 is 5.57 Å². The van der Waals surface area contributed by atoms with Gasteiger partial charge in [0.2, 0.25) is 0 Å². The maximum atomic E-state index is 13.3. The van der Waals surface area contributed by atoms with Gasteiger partial charge in [0.1, 0.15) is 0 Å². The maximum absolute atomic E-state index is 13.3. The van der Waals surface area contributed by atoms with Crippen LogP contribution >= 0.6 is 0 Å². The number of benzene rings is 3. The quantitative estimate of drug-likeness (QED) is 0.217. The molecule has 228 valence electrons. The lowest BCUT2D eigenvalue weighted by Crippen LogP contribution is -2.47. The number of hydrogen-bond acceptors (Lipinski definition) is 2. The number of aliphatic hydroxyl groups is 1. The second-order valence-electron chi connectivity index (χ2n) is 13.1. The first-order valence-corrected chi connectivity index (χ1v) is 14.8. The van der Waals surface area contributed by atoms with Gasteiger partial charge in [0.25, 0.3) is 0 Å². The van der Waals surface area contributed by atoms with Gasteiger partial charge in [-0.1, -0.05) is 36.4 Å². The molecule has 3 aromatic carbocycles. The third kappa shape index (κ3) is 6.14. The zero-order chi connectivity index (χ0) is 30.4. The van der Waals surface area contributed by atoms with Gasteiger partial charge >= 0.3 is 0 Å². The lowest BCUT2D eigenvalue weighted by Gasteiger charge is -2.58. The Hall–Kier alpha value is -3.10. The Bertz CT molecular complexity index is 1450. The second kappa shape index (κ2) is 11.8. The van der Waals surface area contributed by atoms with Gasteiger partial charge in [0.05, 0.1) is 6.61 Å². The summed E-state index contributed by atoms with van der Waals surface area (Å²) in [5, 5.41) is 8.98. The van der Waals surface area contributed by atoms with Gasteiger partial charge in [0.15, 0.2) is 34.9 Å². The molecule has 0 aromatic heterocycles. The highest BCUT2D eigenvalue weighted by molar-refractivity contribution is 5.73. The fraction of sp³-hybridized carbons (Fsp3) is 0.429. The van der Waals surface area contributed by atoms with Crippen LogP contribution in [0.15, 0.2) is 60.7 Å². The van der Waals surface area contributed by atoms with E-state index in [0.717, 1.165) is 81.4 Å². The molecule has 3 saturated carbocycles. The smallest absolute Gasteiger partial charge is 0.194 e. The van der Waals surface area contributed by atoms with Crippen LogP contribution in [0, 0.1) is 57.6 Å². The first-order valence-electron chi connectivity index (χ1n) is 14.8. The molecule has 0 bridgehead atoms. The van der Waals surface area contributed by atoms with Crippen LogP contribution in [-0.4, -0.2) is 18.3 Å². The minimum atomic E-state index is -1.40. The van der Waals surface area contributed by atoms with Crippen molar-refractivity contribution in [2.45, 2.75) is 57.5 Å². The Morgan fingerprint density at radius 3 is 1.84 bits per heavy atom. The normalized spacial score (nSPS) is 28.6. The lowest BCUT2D eigenvalue weighted by atomic mass is 9.47. The van der Waals surface area contributed by atoms with Crippen LogP contribution < -0.4 is 0 Å². The van der Waals surface area contributed by atoms with E-state index < -0.39 is 34.9 Å². The predicted molar refractivity (Wildman–Crippen MR) is 151 cm³/mol. The van der Waals surface area contributed by atoms with Crippen LogP contribution in [0.4, 0.5) is 26.3 Å². The summed E-state index contributed by atoms with van der Waals surface area (Å²) in [6.45, 7) is 1.59. The van der Waals surface area contributed by atoms with E-state index >= 15 is 0 Å². The van der Waals surface area contributed by atoms with Crippen LogP contribution in [0.25, 0.3) is 5.57 Å². The van der Waals surface area contributed by atoms with Gasteiger partial charge < -0.3 is 9.84 Å². The van der Waals surface area contributed by atoms with Crippen molar-refractivity contribution in [3.63, 3.8) is 0 Å². The van der Waals surface area contributed by atoms with Gasteiger partial charge in [-0.25, -0.2) is 26.3 Å². The largest absolute Gasteiger partial charge is 0.396 e. The van der Waals surface area contributed by atoms with Crippen LogP contribution in [0.3, 0.4) is 0 Å². The zero-order valence-electron chi connectivity index (χ0n) is 23.7. The highest BCUT2D eigenvalue weighted by Crippen LogP contribution is 2.64.